The highest BCUT2D eigenvalue weighted by molar-refractivity contribution is 5.83. The Bertz CT molecular complexity index is 863. The number of aliphatic hydroxyl groups is 1. The number of carboxylic acid groups (broad SMARTS) is 1. The summed E-state index contributed by atoms with van der Waals surface area (Å²) in [6, 6.07) is 17.5. The van der Waals surface area contributed by atoms with E-state index in [0.717, 1.165) is 22.0 Å². The molecular weight excluding hydrogens is 342 g/mol. The highest BCUT2D eigenvalue weighted by atomic mass is 16.4. The summed E-state index contributed by atoms with van der Waals surface area (Å²) >= 11 is 0. The van der Waals surface area contributed by atoms with Crippen LogP contribution in [0.2, 0.25) is 0 Å². The number of rotatable bonds is 9. The molecule has 0 saturated carbocycles. The molecule has 1 heterocycles. The number of hydrogen-bond acceptors (Lipinski definition) is 3. The zero-order valence-corrected chi connectivity index (χ0v) is 15.1. The highest BCUT2D eigenvalue weighted by Crippen LogP contribution is 2.19. The van der Waals surface area contributed by atoms with Gasteiger partial charge in [0.25, 0.3) is 0 Å². The second-order valence-corrected chi connectivity index (χ2v) is 6.69. The predicted octanol–water partition coefficient (Wildman–Crippen LogP) is 2.54. The van der Waals surface area contributed by atoms with Crippen molar-refractivity contribution < 1.29 is 15.0 Å². The molecule has 0 aliphatic carbocycles. The number of nitrogens with one attached hydrogen (secondary N) is 3. The Balaban J connectivity index is 1.64. The standard InChI is InChI=1S/C21H25N3O3/c25-14-18(10-15-6-2-1-3-7-15)22-13-17(24-21(26)27)11-16-12-23-20-9-5-4-8-19(16)20/h1-9,12,17-18,22-25H,10-11,13-14H2,(H,26,27)/t17-,18+/m0/s1. The van der Waals surface area contributed by atoms with Crippen LogP contribution < -0.4 is 10.6 Å². The lowest BCUT2D eigenvalue weighted by molar-refractivity contribution is 0.188. The number of H-pyrrole nitrogens is 1. The number of aliphatic hydroxyl groups excluding tert-OH is 1. The Labute approximate surface area is 158 Å². The van der Waals surface area contributed by atoms with Crippen molar-refractivity contribution in [3.63, 3.8) is 0 Å². The van der Waals surface area contributed by atoms with Crippen molar-refractivity contribution in [2.24, 2.45) is 0 Å². The van der Waals surface area contributed by atoms with Gasteiger partial charge in [-0.3, -0.25) is 0 Å². The van der Waals surface area contributed by atoms with E-state index in [1.54, 1.807) is 0 Å². The van der Waals surface area contributed by atoms with E-state index in [2.05, 4.69) is 15.6 Å². The lowest BCUT2D eigenvalue weighted by Gasteiger charge is -2.22. The van der Waals surface area contributed by atoms with Gasteiger partial charge >= 0.3 is 6.09 Å². The van der Waals surface area contributed by atoms with Gasteiger partial charge in [-0.2, -0.15) is 0 Å². The number of aromatic nitrogens is 1. The topological polar surface area (TPSA) is 97.4 Å². The molecule has 1 aromatic heterocycles. The van der Waals surface area contributed by atoms with Crippen molar-refractivity contribution in [1.82, 2.24) is 15.6 Å². The lowest BCUT2D eigenvalue weighted by Crippen LogP contribution is -2.47. The lowest BCUT2D eigenvalue weighted by atomic mass is 10.0. The maximum absolute atomic E-state index is 11.2. The molecule has 6 nitrogen and oxygen atoms in total. The number of para-hydroxylation sites is 1. The van der Waals surface area contributed by atoms with Gasteiger partial charge in [0.05, 0.1) is 6.61 Å². The zero-order valence-electron chi connectivity index (χ0n) is 15.1. The van der Waals surface area contributed by atoms with Crippen LogP contribution in [-0.2, 0) is 12.8 Å². The Hall–Kier alpha value is -2.83. The Kier molecular flexibility index (Phi) is 6.46. The molecular formula is C21H25N3O3. The highest BCUT2D eigenvalue weighted by Gasteiger charge is 2.17. The summed E-state index contributed by atoms with van der Waals surface area (Å²) in [4.78, 5) is 14.4. The molecule has 142 valence electrons. The van der Waals surface area contributed by atoms with E-state index < -0.39 is 6.09 Å². The van der Waals surface area contributed by atoms with E-state index in [1.807, 2.05) is 60.8 Å². The number of carbonyl (C=O) groups is 1. The zero-order chi connectivity index (χ0) is 19.1. The molecule has 3 rings (SSSR count). The number of fused-ring (bicyclic) bond motifs is 1. The van der Waals surface area contributed by atoms with Gasteiger partial charge in [0.1, 0.15) is 0 Å². The summed E-state index contributed by atoms with van der Waals surface area (Å²) in [7, 11) is 0. The molecule has 2 aromatic carbocycles. The van der Waals surface area contributed by atoms with Crippen molar-refractivity contribution in [3.05, 3.63) is 71.9 Å². The molecule has 0 aliphatic rings. The minimum atomic E-state index is -1.05. The quantitative estimate of drug-likeness (QED) is 0.401. The van der Waals surface area contributed by atoms with Gasteiger partial charge < -0.3 is 25.8 Å². The maximum Gasteiger partial charge on any atom is 0.404 e. The van der Waals surface area contributed by atoms with E-state index >= 15 is 0 Å². The van der Waals surface area contributed by atoms with Crippen LogP contribution >= 0.6 is 0 Å². The number of aromatic amines is 1. The number of hydrogen-bond donors (Lipinski definition) is 5. The first-order valence-corrected chi connectivity index (χ1v) is 9.08. The summed E-state index contributed by atoms with van der Waals surface area (Å²) < 4.78 is 0. The molecule has 0 aliphatic heterocycles. The van der Waals surface area contributed by atoms with E-state index in [1.165, 1.54) is 0 Å². The third kappa shape index (κ3) is 5.32. The fourth-order valence-electron chi connectivity index (χ4n) is 3.32. The van der Waals surface area contributed by atoms with E-state index in [4.69, 9.17) is 0 Å². The second kappa shape index (κ2) is 9.21. The average Bonchev–Trinajstić information content (AvgIpc) is 3.08. The molecule has 2 atom stereocenters. The Morgan fingerprint density at radius 1 is 1.00 bits per heavy atom. The molecule has 0 spiro atoms. The van der Waals surface area contributed by atoms with Gasteiger partial charge in [-0.1, -0.05) is 48.5 Å². The fourth-order valence-corrected chi connectivity index (χ4v) is 3.32. The van der Waals surface area contributed by atoms with Crippen LogP contribution in [0.5, 0.6) is 0 Å². The smallest absolute Gasteiger partial charge is 0.404 e. The molecule has 0 bridgehead atoms. The number of amides is 1. The van der Waals surface area contributed by atoms with Crippen molar-refractivity contribution in [2.45, 2.75) is 24.9 Å². The van der Waals surface area contributed by atoms with Gasteiger partial charge in [0.15, 0.2) is 0 Å². The van der Waals surface area contributed by atoms with Crippen LogP contribution in [0.15, 0.2) is 60.8 Å². The molecule has 0 saturated heterocycles. The monoisotopic (exact) mass is 367 g/mol. The largest absolute Gasteiger partial charge is 0.465 e. The van der Waals surface area contributed by atoms with Gasteiger partial charge in [-0.15, -0.1) is 0 Å². The Morgan fingerprint density at radius 2 is 1.74 bits per heavy atom. The average molecular weight is 367 g/mol. The van der Waals surface area contributed by atoms with Gasteiger partial charge in [-0.25, -0.2) is 4.79 Å². The molecule has 0 fully saturated rings. The summed E-state index contributed by atoms with van der Waals surface area (Å²) in [6.07, 6.45) is 2.12. The van der Waals surface area contributed by atoms with E-state index in [-0.39, 0.29) is 18.7 Å². The molecule has 3 aromatic rings. The molecule has 27 heavy (non-hydrogen) atoms. The van der Waals surface area contributed by atoms with E-state index in [0.29, 0.717) is 19.4 Å². The van der Waals surface area contributed by atoms with Crippen LogP contribution in [-0.4, -0.2) is 46.5 Å². The van der Waals surface area contributed by atoms with Gasteiger partial charge in [0, 0.05) is 35.7 Å². The molecule has 5 N–H and O–H groups in total. The maximum atomic E-state index is 11.2. The fraction of sp³-hybridized carbons (Fsp3) is 0.286. The van der Waals surface area contributed by atoms with E-state index in [9.17, 15) is 15.0 Å². The summed E-state index contributed by atoms with van der Waals surface area (Å²) in [5, 5.41) is 25.8. The summed E-state index contributed by atoms with van der Waals surface area (Å²) in [6.45, 7) is 0.422. The summed E-state index contributed by atoms with van der Waals surface area (Å²) in [5.41, 5.74) is 3.23. The van der Waals surface area contributed by atoms with Gasteiger partial charge in [0.2, 0.25) is 0 Å². The first-order valence-electron chi connectivity index (χ1n) is 9.08. The molecule has 1 amide bonds. The third-order valence-corrected chi connectivity index (χ3v) is 4.67. The molecule has 6 heteroatoms. The van der Waals surface area contributed by atoms with Crippen LogP contribution in [0.1, 0.15) is 11.1 Å². The predicted molar refractivity (Wildman–Crippen MR) is 106 cm³/mol. The normalized spacial score (nSPS) is 13.4. The minimum Gasteiger partial charge on any atom is -0.465 e. The van der Waals surface area contributed by atoms with Crippen molar-refractivity contribution in [2.75, 3.05) is 13.2 Å². The van der Waals surface area contributed by atoms with Crippen molar-refractivity contribution in [3.8, 4) is 0 Å². The summed E-state index contributed by atoms with van der Waals surface area (Å²) in [5.74, 6) is 0. The van der Waals surface area contributed by atoms with Gasteiger partial charge in [-0.05, 0) is 30.0 Å². The Morgan fingerprint density at radius 3 is 2.48 bits per heavy atom. The van der Waals surface area contributed by atoms with Crippen molar-refractivity contribution >= 4 is 17.0 Å². The van der Waals surface area contributed by atoms with Crippen LogP contribution in [0.3, 0.4) is 0 Å². The molecule has 0 radical (unpaired) electrons. The number of benzene rings is 2. The molecule has 0 unspecified atom stereocenters. The third-order valence-electron chi connectivity index (χ3n) is 4.67. The first kappa shape index (κ1) is 18.9. The minimum absolute atomic E-state index is 0.0121. The second-order valence-electron chi connectivity index (χ2n) is 6.69. The van der Waals surface area contributed by atoms with Crippen LogP contribution in [0.4, 0.5) is 4.79 Å². The van der Waals surface area contributed by atoms with Crippen LogP contribution in [0, 0.1) is 0 Å². The first-order chi connectivity index (χ1) is 13.2. The SMILES string of the molecule is O=C(O)N[C@H](CN[C@@H](CO)Cc1ccccc1)Cc1c[nH]c2ccccc12. The van der Waals surface area contributed by atoms with Crippen LogP contribution in [0.25, 0.3) is 10.9 Å². The van der Waals surface area contributed by atoms with Crippen molar-refractivity contribution in [1.29, 1.82) is 0 Å².